The summed E-state index contributed by atoms with van der Waals surface area (Å²) in [5.41, 5.74) is 0.778. The highest BCUT2D eigenvalue weighted by molar-refractivity contribution is 9.10. The largest absolute Gasteiger partial charge is 0.545 e. The first-order valence-electron chi connectivity index (χ1n) is 7.96. The fraction of sp³-hybridized carbons (Fsp3) is 0.0526. The van der Waals surface area contributed by atoms with Crippen LogP contribution in [0, 0.1) is 0 Å². The van der Waals surface area contributed by atoms with E-state index >= 15 is 0 Å². The van der Waals surface area contributed by atoms with E-state index in [1.807, 2.05) is 24.3 Å². The number of carboxylic acids is 1. The van der Waals surface area contributed by atoms with Crippen LogP contribution in [0.5, 0.6) is 0 Å². The standard InChI is InChI=1S/C19H13BrN2O4S2/c20-12-5-3-4-11(8-12)9-15-17(24)22(19(27)28-15)10-16(23)21-14-7-2-1-6-13(14)18(25)26/h1-9H,10H2,(H,21,23)(H,25,26)/p-1/b15-9+. The molecule has 1 N–H and O–H groups in total. The quantitative estimate of drug-likeness (QED) is 0.528. The number of carbonyl (C=O) groups excluding carboxylic acids is 3. The van der Waals surface area contributed by atoms with Crippen molar-refractivity contribution in [2.24, 2.45) is 0 Å². The molecular formula is C19H12BrN2O4S2-. The van der Waals surface area contributed by atoms with Crippen molar-refractivity contribution in [3.8, 4) is 0 Å². The number of carbonyl (C=O) groups is 3. The lowest BCUT2D eigenvalue weighted by Crippen LogP contribution is -2.36. The zero-order valence-corrected chi connectivity index (χ0v) is 17.4. The number of para-hydroxylation sites is 1. The number of benzene rings is 2. The highest BCUT2D eigenvalue weighted by Gasteiger charge is 2.33. The fourth-order valence-corrected chi connectivity index (χ4v) is 4.16. The van der Waals surface area contributed by atoms with E-state index in [-0.39, 0.29) is 28.0 Å². The number of hydrogen-bond donors (Lipinski definition) is 1. The third kappa shape index (κ3) is 4.67. The Morgan fingerprint density at radius 1 is 1.21 bits per heavy atom. The van der Waals surface area contributed by atoms with Crippen LogP contribution in [0.15, 0.2) is 57.9 Å². The number of thioether (sulfide) groups is 1. The van der Waals surface area contributed by atoms with Crippen LogP contribution < -0.4 is 10.4 Å². The Hall–Kier alpha value is -2.49. The van der Waals surface area contributed by atoms with Crippen LogP contribution in [0.25, 0.3) is 6.08 Å². The van der Waals surface area contributed by atoms with Crippen molar-refractivity contribution in [3.05, 3.63) is 69.0 Å². The summed E-state index contributed by atoms with van der Waals surface area (Å²) in [7, 11) is 0. The Kier molecular flexibility index (Phi) is 6.28. The molecule has 0 aromatic heterocycles. The molecule has 1 aliphatic heterocycles. The van der Waals surface area contributed by atoms with E-state index in [2.05, 4.69) is 21.2 Å². The van der Waals surface area contributed by atoms with Gasteiger partial charge in [0.15, 0.2) is 0 Å². The van der Waals surface area contributed by atoms with Crippen LogP contribution in [0.1, 0.15) is 15.9 Å². The summed E-state index contributed by atoms with van der Waals surface area (Å²) >= 11 is 9.70. The maximum Gasteiger partial charge on any atom is 0.266 e. The van der Waals surface area contributed by atoms with E-state index < -0.39 is 11.9 Å². The zero-order chi connectivity index (χ0) is 20.3. The van der Waals surface area contributed by atoms with Gasteiger partial charge >= 0.3 is 0 Å². The molecule has 6 nitrogen and oxygen atoms in total. The number of anilines is 1. The highest BCUT2D eigenvalue weighted by atomic mass is 79.9. The number of carboxylic acid groups (broad SMARTS) is 1. The maximum absolute atomic E-state index is 12.6. The molecule has 0 spiro atoms. The van der Waals surface area contributed by atoms with Gasteiger partial charge < -0.3 is 15.2 Å². The second-order valence-corrected chi connectivity index (χ2v) is 8.30. The molecule has 0 aliphatic carbocycles. The molecule has 2 amide bonds. The molecule has 0 saturated carbocycles. The van der Waals surface area contributed by atoms with Crippen LogP contribution in [0.3, 0.4) is 0 Å². The van der Waals surface area contributed by atoms with E-state index in [0.717, 1.165) is 21.8 Å². The molecule has 2 aromatic carbocycles. The second-order valence-electron chi connectivity index (χ2n) is 5.70. The fourth-order valence-electron chi connectivity index (χ4n) is 2.49. The minimum absolute atomic E-state index is 0.0996. The Bertz CT molecular complexity index is 1020. The van der Waals surface area contributed by atoms with Crippen molar-refractivity contribution >= 4 is 73.8 Å². The van der Waals surface area contributed by atoms with Gasteiger partial charge in [-0.2, -0.15) is 0 Å². The summed E-state index contributed by atoms with van der Waals surface area (Å²) in [6.45, 7) is -0.318. The first-order valence-corrected chi connectivity index (χ1v) is 9.98. The van der Waals surface area contributed by atoms with Crippen LogP contribution in [0.2, 0.25) is 0 Å². The van der Waals surface area contributed by atoms with Gasteiger partial charge in [0.2, 0.25) is 5.91 Å². The SMILES string of the molecule is O=C(CN1C(=O)/C(=C\c2cccc(Br)c2)SC1=S)Nc1ccccc1C(=O)[O-]. The van der Waals surface area contributed by atoms with Crippen molar-refractivity contribution in [3.63, 3.8) is 0 Å². The topological polar surface area (TPSA) is 89.5 Å². The Balaban J connectivity index is 1.73. The summed E-state index contributed by atoms with van der Waals surface area (Å²) < 4.78 is 1.14. The maximum atomic E-state index is 12.6. The van der Waals surface area contributed by atoms with E-state index in [1.165, 1.54) is 23.1 Å². The molecule has 1 saturated heterocycles. The molecule has 0 bridgehead atoms. The van der Waals surface area contributed by atoms with Gasteiger partial charge in [0, 0.05) is 15.7 Å². The zero-order valence-electron chi connectivity index (χ0n) is 14.2. The molecule has 28 heavy (non-hydrogen) atoms. The Morgan fingerprint density at radius 2 is 1.96 bits per heavy atom. The Morgan fingerprint density at radius 3 is 2.68 bits per heavy atom. The minimum atomic E-state index is -1.40. The molecule has 1 aliphatic rings. The summed E-state index contributed by atoms with van der Waals surface area (Å²) in [6, 6.07) is 13.3. The normalized spacial score (nSPS) is 15.2. The number of rotatable bonds is 5. The van der Waals surface area contributed by atoms with Gasteiger partial charge in [-0.05, 0) is 29.8 Å². The Labute approximate surface area is 178 Å². The average Bonchev–Trinajstić information content (AvgIpc) is 2.89. The highest BCUT2D eigenvalue weighted by Crippen LogP contribution is 2.32. The van der Waals surface area contributed by atoms with Crippen LogP contribution >= 0.6 is 39.9 Å². The number of nitrogens with zero attached hydrogens (tertiary/aromatic N) is 1. The van der Waals surface area contributed by atoms with Gasteiger partial charge in [-0.3, -0.25) is 14.5 Å². The van der Waals surface area contributed by atoms with E-state index in [9.17, 15) is 19.5 Å². The van der Waals surface area contributed by atoms with Crippen molar-refractivity contribution in [1.82, 2.24) is 4.90 Å². The number of thiocarbonyl (C=S) groups is 1. The number of nitrogens with one attached hydrogen (secondary N) is 1. The monoisotopic (exact) mass is 475 g/mol. The van der Waals surface area contributed by atoms with E-state index in [1.54, 1.807) is 12.1 Å². The molecule has 142 valence electrons. The molecule has 2 aromatic rings. The number of hydrogen-bond acceptors (Lipinski definition) is 6. The van der Waals surface area contributed by atoms with Gasteiger partial charge in [0.05, 0.1) is 10.9 Å². The first-order chi connectivity index (χ1) is 13.3. The van der Waals surface area contributed by atoms with Crippen molar-refractivity contribution < 1.29 is 19.5 Å². The van der Waals surface area contributed by atoms with Crippen LogP contribution in [0.4, 0.5) is 5.69 Å². The van der Waals surface area contributed by atoms with Crippen LogP contribution in [-0.2, 0) is 9.59 Å². The summed E-state index contributed by atoms with van der Waals surface area (Å²) in [4.78, 5) is 37.7. The predicted molar refractivity (Wildman–Crippen MR) is 113 cm³/mol. The second kappa shape index (κ2) is 8.68. The van der Waals surface area contributed by atoms with Gasteiger partial charge in [-0.1, -0.05) is 70.2 Å². The smallest absolute Gasteiger partial charge is 0.266 e. The first kappa shape index (κ1) is 20.2. The third-order valence-electron chi connectivity index (χ3n) is 3.74. The van der Waals surface area contributed by atoms with Gasteiger partial charge in [0.25, 0.3) is 5.91 Å². The molecule has 9 heteroatoms. The number of aromatic carboxylic acids is 1. The summed E-state index contributed by atoms with van der Waals surface area (Å²) in [6.07, 6.45) is 1.70. The lowest BCUT2D eigenvalue weighted by atomic mass is 10.2. The summed E-state index contributed by atoms with van der Waals surface area (Å²) in [5.74, 6) is -2.34. The molecule has 1 heterocycles. The van der Waals surface area contributed by atoms with Crippen molar-refractivity contribution in [1.29, 1.82) is 0 Å². The number of amides is 2. The average molecular weight is 476 g/mol. The van der Waals surface area contributed by atoms with Crippen LogP contribution in [-0.4, -0.2) is 33.5 Å². The number of halogens is 1. The van der Waals surface area contributed by atoms with Gasteiger partial charge in [-0.25, -0.2) is 0 Å². The van der Waals surface area contributed by atoms with E-state index in [4.69, 9.17) is 12.2 Å². The molecule has 0 atom stereocenters. The van der Waals surface area contributed by atoms with Crippen molar-refractivity contribution in [2.45, 2.75) is 0 Å². The molecule has 0 radical (unpaired) electrons. The van der Waals surface area contributed by atoms with E-state index in [0.29, 0.717) is 4.91 Å². The van der Waals surface area contributed by atoms with Crippen molar-refractivity contribution in [2.75, 3.05) is 11.9 Å². The molecule has 0 unspecified atom stereocenters. The summed E-state index contributed by atoms with van der Waals surface area (Å²) in [5, 5.41) is 13.6. The molecule has 3 rings (SSSR count). The van der Waals surface area contributed by atoms with Gasteiger partial charge in [-0.15, -0.1) is 0 Å². The molecular weight excluding hydrogens is 464 g/mol. The molecule has 1 fully saturated rings. The van der Waals surface area contributed by atoms with Gasteiger partial charge in [0.1, 0.15) is 10.9 Å². The lowest BCUT2D eigenvalue weighted by molar-refractivity contribution is -0.254. The lowest BCUT2D eigenvalue weighted by Gasteiger charge is -2.16. The third-order valence-corrected chi connectivity index (χ3v) is 5.61. The predicted octanol–water partition coefficient (Wildman–Crippen LogP) is 2.65. The minimum Gasteiger partial charge on any atom is -0.545 e.